The molecule has 9 nitrogen and oxygen atoms in total. The minimum absolute atomic E-state index is 0.0858. The number of nitrogens with one attached hydrogen (secondary N) is 2. The van der Waals surface area contributed by atoms with Crippen LogP contribution in [-0.2, 0) is 17.1 Å². The molecule has 15 heteroatoms. The van der Waals surface area contributed by atoms with Gasteiger partial charge in [-0.3, -0.25) is 5.21 Å². The molecule has 0 radical (unpaired) electrons. The molecule has 5 N–H and O–H groups in total. The first kappa shape index (κ1) is 26.9. The predicted octanol–water partition coefficient (Wildman–Crippen LogP) is 1.97. The first-order valence-corrected chi connectivity index (χ1v) is 10.9. The lowest BCUT2D eigenvalue weighted by Crippen LogP contribution is -2.78. The van der Waals surface area contributed by atoms with Crippen LogP contribution in [0.2, 0.25) is 0 Å². The Hall–Kier alpha value is -3.17. The maximum Gasteiger partial charge on any atom is 0.417 e. The van der Waals surface area contributed by atoms with Crippen molar-refractivity contribution in [2.24, 2.45) is 0 Å². The molecule has 37 heavy (non-hydrogen) atoms. The normalized spacial score (nSPS) is 33.6. The summed E-state index contributed by atoms with van der Waals surface area (Å²) >= 11 is 0. The van der Waals surface area contributed by atoms with Crippen LogP contribution in [0.1, 0.15) is 35.3 Å². The van der Waals surface area contributed by atoms with E-state index in [0.717, 1.165) is 0 Å². The maximum absolute atomic E-state index is 13.6. The molecule has 3 aliphatic rings. The molecule has 0 saturated carbocycles. The van der Waals surface area contributed by atoms with Gasteiger partial charge in [0.05, 0.1) is 47.2 Å². The standard InChI is InChI=1S/C22H24F6N4O5/c1-9-17(37-18(34)13-6-5-12(21(23,24)25)7-14(13)22(26,27)28)19(4,35)20-16(30-11(3)32(20)36)15(8-33)29-10(2)31(9)20/h5-7,9,15-17,29-30,33,35-36H,2-3,8H2,1,4H3/t9-,15-,16?,17-,19-,20?/m0/s1. The number of ether oxygens (including phenoxy) is 1. The number of rotatable bonds is 3. The number of aliphatic hydroxyl groups excluding tert-OH is 1. The van der Waals surface area contributed by atoms with Crippen molar-refractivity contribution in [3.8, 4) is 0 Å². The Morgan fingerprint density at radius 1 is 1.14 bits per heavy atom. The second-order valence-corrected chi connectivity index (χ2v) is 9.33. The number of aliphatic hydroxyl groups is 2. The van der Waals surface area contributed by atoms with Crippen molar-refractivity contribution in [1.29, 1.82) is 0 Å². The minimum atomic E-state index is -5.33. The van der Waals surface area contributed by atoms with Crippen LogP contribution >= 0.6 is 0 Å². The van der Waals surface area contributed by atoms with Crippen LogP contribution in [0.4, 0.5) is 26.3 Å². The zero-order valence-corrected chi connectivity index (χ0v) is 19.5. The minimum Gasteiger partial charge on any atom is -0.453 e. The molecule has 6 atom stereocenters. The van der Waals surface area contributed by atoms with E-state index < -0.39 is 77.1 Å². The third-order valence-corrected chi connectivity index (χ3v) is 7.19. The first-order chi connectivity index (χ1) is 16.9. The lowest BCUT2D eigenvalue weighted by molar-refractivity contribution is -0.251. The molecule has 3 heterocycles. The second-order valence-electron chi connectivity index (χ2n) is 9.33. The van der Waals surface area contributed by atoms with Gasteiger partial charge in [-0.25, -0.2) is 9.86 Å². The Kier molecular flexibility index (Phi) is 5.93. The van der Waals surface area contributed by atoms with Gasteiger partial charge >= 0.3 is 18.3 Å². The van der Waals surface area contributed by atoms with E-state index in [-0.39, 0.29) is 17.7 Å². The van der Waals surface area contributed by atoms with Crippen LogP contribution in [0, 0.1) is 0 Å². The van der Waals surface area contributed by atoms with E-state index in [2.05, 4.69) is 23.8 Å². The molecule has 0 aliphatic carbocycles. The summed E-state index contributed by atoms with van der Waals surface area (Å²) in [5.41, 5.74) is -8.81. The van der Waals surface area contributed by atoms with E-state index >= 15 is 0 Å². The van der Waals surface area contributed by atoms with Gasteiger partial charge in [0.15, 0.2) is 11.8 Å². The average molecular weight is 538 g/mol. The Morgan fingerprint density at radius 2 is 1.76 bits per heavy atom. The van der Waals surface area contributed by atoms with Gasteiger partial charge in [-0.2, -0.15) is 26.3 Å². The number of halogens is 6. The van der Waals surface area contributed by atoms with Gasteiger partial charge in [0.1, 0.15) is 11.4 Å². The molecule has 204 valence electrons. The Labute approximate surface area is 206 Å². The summed E-state index contributed by atoms with van der Waals surface area (Å²) in [4.78, 5) is 14.3. The molecule has 0 aromatic heterocycles. The number of benzene rings is 1. The number of esters is 1. The third kappa shape index (κ3) is 3.62. The third-order valence-electron chi connectivity index (χ3n) is 7.19. The summed E-state index contributed by atoms with van der Waals surface area (Å²) in [7, 11) is 0. The lowest BCUT2D eigenvalue weighted by Gasteiger charge is -2.55. The van der Waals surface area contributed by atoms with Crippen LogP contribution in [0.15, 0.2) is 43.0 Å². The summed E-state index contributed by atoms with van der Waals surface area (Å²) in [5.74, 6) is -1.65. The highest BCUT2D eigenvalue weighted by Crippen LogP contribution is 2.54. The topological polar surface area (TPSA) is 118 Å². The van der Waals surface area contributed by atoms with Gasteiger partial charge in [0.2, 0.25) is 0 Å². The summed E-state index contributed by atoms with van der Waals surface area (Å²) in [5, 5.41) is 38.9. The maximum atomic E-state index is 13.6. The molecular weight excluding hydrogens is 514 g/mol. The van der Waals surface area contributed by atoms with Crippen LogP contribution in [0.25, 0.3) is 0 Å². The number of hydrogen-bond acceptors (Lipinski definition) is 9. The summed E-state index contributed by atoms with van der Waals surface area (Å²) < 4.78 is 85.3. The molecule has 3 fully saturated rings. The number of nitrogens with zero attached hydrogens (tertiary/aromatic N) is 2. The number of hydroxylamine groups is 2. The summed E-state index contributed by atoms with van der Waals surface area (Å²) in [6, 6.07) is -2.37. The fourth-order valence-electron chi connectivity index (χ4n) is 5.70. The number of carbonyl (C=O) groups is 1. The molecule has 0 bridgehead atoms. The molecule has 0 amide bonds. The largest absolute Gasteiger partial charge is 0.453 e. The van der Waals surface area contributed by atoms with E-state index in [1.807, 2.05) is 0 Å². The second kappa shape index (κ2) is 8.16. The van der Waals surface area contributed by atoms with Crippen molar-refractivity contribution in [3.63, 3.8) is 0 Å². The van der Waals surface area contributed by atoms with Gasteiger partial charge < -0.3 is 30.5 Å². The van der Waals surface area contributed by atoms with Crippen LogP contribution in [-0.4, -0.2) is 73.5 Å². The SMILES string of the molecule is C=C1NC2[C@H](CO)NC(=C)N3[C@@H](C)[C@H](OC(=O)c4ccc(C(F)(F)F)cc4C(F)(F)F)[C@](C)(O)C23N1O. The number of hydrogen-bond donors (Lipinski definition) is 5. The van der Waals surface area contributed by atoms with Crippen molar-refractivity contribution >= 4 is 5.97 Å². The summed E-state index contributed by atoms with van der Waals surface area (Å²) in [6.07, 6.45) is -12.1. The van der Waals surface area contributed by atoms with Gasteiger partial charge in [-0.1, -0.05) is 13.2 Å². The van der Waals surface area contributed by atoms with E-state index in [4.69, 9.17) is 4.74 Å². The van der Waals surface area contributed by atoms with E-state index in [0.29, 0.717) is 17.2 Å². The highest BCUT2D eigenvalue weighted by atomic mass is 19.4. The van der Waals surface area contributed by atoms with Crippen molar-refractivity contribution in [2.45, 2.75) is 61.7 Å². The van der Waals surface area contributed by atoms with Gasteiger partial charge in [0.25, 0.3) is 0 Å². The van der Waals surface area contributed by atoms with Gasteiger partial charge in [-0.05, 0) is 32.0 Å². The van der Waals surface area contributed by atoms with Crippen LogP contribution in [0.5, 0.6) is 0 Å². The van der Waals surface area contributed by atoms with Crippen molar-refractivity contribution in [1.82, 2.24) is 20.6 Å². The zero-order chi connectivity index (χ0) is 27.9. The predicted molar refractivity (Wildman–Crippen MR) is 113 cm³/mol. The molecule has 3 saturated heterocycles. The summed E-state index contributed by atoms with van der Waals surface area (Å²) in [6.45, 7) is 9.61. The fraction of sp³-hybridized carbons (Fsp3) is 0.500. The molecule has 1 aromatic carbocycles. The Balaban J connectivity index is 1.78. The molecule has 3 aliphatic heterocycles. The molecule has 2 unspecified atom stereocenters. The number of carbonyl (C=O) groups excluding carboxylic acids is 1. The quantitative estimate of drug-likeness (QED) is 0.291. The van der Waals surface area contributed by atoms with E-state index in [9.17, 15) is 46.6 Å². The van der Waals surface area contributed by atoms with Gasteiger partial charge in [0, 0.05) is 0 Å². The molecule has 4 rings (SSSR count). The zero-order valence-electron chi connectivity index (χ0n) is 19.5. The molecular formula is C22H24F6N4O5. The monoisotopic (exact) mass is 538 g/mol. The highest BCUT2D eigenvalue weighted by Gasteiger charge is 2.77. The van der Waals surface area contributed by atoms with Crippen molar-refractivity contribution < 1.29 is 51.3 Å². The first-order valence-electron chi connectivity index (χ1n) is 10.9. The smallest absolute Gasteiger partial charge is 0.417 e. The molecule has 1 spiro atoms. The van der Waals surface area contributed by atoms with E-state index in [1.165, 1.54) is 18.7 Å². The Morgan fingerprint density at radius 3 is 2.30 bits per heavy atom. The Bertz CT molecular complexity index is 1160. The van der Waals surface area contributed by atoms with E-state index in [1.54, 1.807) is 0 Å². The lowest BCUT2D eigenvalue weighted by atomic mass is 9.78. The van der Waals surface area contributed by atoms with Gasteiger partial charge in [-0.15, -0.1) is 0 Å². The highest BCUT2D eigenvalue weighted by molar-refractivity contribution is 5.91. The fourth-order valence-corrected chi connectivity index (χ4v) is 5.70. The van der Waals surface area contributed by atoms with Crippen molar-refractivity contribution in [3.05, 3.63) is 59.7 Å². The van der Waals surface area contributed by atoms with Crippen LogP contribution < -0.4 is 10.6 Å². The van der Waals surface area contributed by atoms with Crippen molar-refractivity contribution in [2.75, 3.05) is 6.61 Å². The molecule has 1 aromatic rings. The average Bonchev–Trinajstić information content (AvgIpc) is 3.15. The van der Waals surface area contributed by atoms with Crippen LogP contribution in [0.3, 0.4) is 0 Å². The number of alkyl halides is 6.